The van der Waals surface area contributed by atoms with Gasteiger partial charge in [0.2, 0.25) is 0 Å². The highest BCUT2D eigenvalue weighted by Crippen LogP contribution is 2.11. The Morgan fingerprint density at radius 2 is 1.79 bits per heavy atom. The van der Waals surface area contributed by atoms with Crippen molar-refractivity contribution in [2.24, 2.45) is 0 Å². The molecule has 0 saturated heterocycles. The number of hydrogen-bond donors (Lipinski definition) is 3. The Bertz CT molecular complexity index is 617. The fraction of sp³-hybridized carbons (Fsp3) is 0.316. The molecule has 2 aromatic carbocycles. The molecule has 2 amide bonds. The van der Waals surface area contributed by atoms with Crippen LogP contribution in [0.1, 0.15) is 11.1 Å². The first-order valence-electron chi connectivity index (χ1n) is 8.02. The molecule has 2 aromatic rings. The summed E-state index contributed by atoms with van der Waals surface area (Å²) < 4.78 is 0. The van der Waals surface area contributed by atoms with Gasteiger partial charge < -0.3 is 15.7 Å². The third-order valence-electron chi connectivity index (χ3n) is 3.62. The van der Waals surface area contributed by atoms with Crippen LogP contribution in [0.25, 0.3) is 0 Å². The van der Waals surface area contributed by atoms with Crippen molar-refractivity contribution < 1.29 is 9.90 Å². The Kier molecular flexibility index (Phi) is 7.65. The van der Waals surface area contributed by atoms with Crippen molar-refractivity contribution >= 4 is 23.5 Å². The van der Waals surface area contributed by atoms with Crippen LogP contribution in [0.5, 0.6) is 0 Å². The summed E-state index contributed by atoms with van der Waals surface area (Å²) in [4.78, 5) is 11.9. The molecule has 0 aromatic heterocycles. The van der Waals surface area contributed by atoms with Gasteiger partial charge in [-0.15, -0.1) is 0 Å². The molecule has 4 nitrogen and oxygen atoms in total. The average molecular weight is 344 g/mol. The summed E-state index contributed by atoms with van der Waals surface area (Å²) in [5, 5.41) is 15.5. The van der Waals surface area contributed by atoms with Crippen molar-refractivity contribution in [3.63, 3.8) is 0 Å². The Morgan fingerprint density at radius 3 is 2.46 bits per heavy atom. The topological polar surface area (TPSA) is 61.4 Å². The molecule has 0 radical (unpaired) electrons. The van der Waals surface area contributed by atoms with Gasteiger partial charge in [-0.3, -0.25) is 0 Å². The van der Waals surface area contributed by atoms with Gasteiger partial charge in [-0.25, -0.2) is 4.79 Å². The number of thioether (sulfide) groups is 1. The minimum atomic E-state index is -0.605. The lowest BCUT2D eigenvalue weighted by atomic mass is 10.1. The van der Waals surface area contributed by atoms with Crippen LogP contribution in [-0.2, 0) is 12.8 Å². The maximum Gasteiger partial charge on any atom is 0.319 e. The number of carbonyl (C=O) groups is 1. The molecule has 24 heavy (non-hydrogen) atoms. The molecule has 128 valence electrons. The van der Waals surface area contributed by atoms with E-state index in [4.69, 9.17) is 0 Å². The third-order valence-corrected chi connectivity index (χ3v) is 4.23. The van der Waals surface area contributed by atoms with Gasteiger partial charge in [0.1, 0.15) is 0 Å². The first kappa shape index (κ1) is 18.4. The fourth-order valence-electron chi connectivity index (χ4n) is 2.32. The van der Waals surface area contributed by atoms with E-state index in [-0.39, 0.29) is 12.6 Å². The van der Waals surface area contributed by atoms with Gasteiger partial charge in [0.25, 0.3) is 0 Å². The summed E-state index contributed by atoms with van der Waals surface area (Å²) in [6, 6.07) is 17.3. The monoisotopic (exact) mass is 344 g/mol. The quantitative estimate of drug-likeness (QED) is 0.688. The molecule has 1 atom stereocenters. The first-order valence-corrected chi connectivity index (χ1v) is 9.41. The number of benzene rings is 2. The molecular formula is C19H24N2O2S. The fourth-order valence-corrected chi connectivity index (χ4v) is 2.76. The smallest absolute Gasteiger partial charge is 0.319 e. The van der Waals surface area contributed by atoms with E-state index in [1.165, 1.54) is 5.56 Å². The second kappa shape index (κ2) is 10.0. The summed E-state index contributed by atoms with van der Waals surface area (Å²) in [6.45, 7) is 0.215. The van der Waals surface area contributed by atoms with Crippen molar-refractivity contribution in [1.29, 1.82) is 0 Å². The Balaban J connectivity index is 1.72. The number of carbonyl (C=O) groups excluding carboxylic acids is 1. The van der Waals surface area contributed by atoms with Gasteiger partial charge in [-0.05, 0) is 41.7 Å². The van der Waals surface area contributed by atoms with Crippen molar-refractivity contribution in [2.45, 2.75) is 18.9 Å². The summed E-state index contributed by atoms with van der Waals surface area (Å²) in [5.41, 5.74) is 3.06. The number of rotatable bonds is 8. The van der Waals surface area contributed by atoms with E-state index in [1.54, 1.807) is 0 Å². The maximum atomic E-state index is 11.9. The molecule has 5 heteroatoms. The standard InChI is InChI=1S/C19H24N2O2S/c1-24-12-11-15-7-9-17(10-8-15)21-19(23)20-14-18(22)13-16-5-3-2-4-6-16/h2-10,18,22H,11-14H2,1H3,(H2,20,21,23). The minimum Gasteiger partial charge on any atom is -0.391 e. The molecule has 1 unspecified atom stereocenters. The van der Waals surface area contributed by atoms with Crippen molar-refractivity contribution in [3.8, 4) is 0 Å². The van der Waals surface area contributed by atoms with Gasteiger partial charge >= 0.3 is 6.03 Å². The van der Waals surface area contributed by atoms with Gasteiger partial charge in [0.15, 0.2) is 0 Å². The van der Waals surface area contributed by atoms with Gasteiger partial charge in [-0.1, -0.05) is 42.5 Å². The number of anilines is 1. The molecule has 0 saturated carbocycles. The maximum absolute atomic E-state index is 11.9. The highest BCUT2D eigenvalue weighted by Gasteiger charge is 2.08. The van der Waals surface area contributed by atoms with E-state index < -0.39 is 6.10 Å². The first-order chi connectivity index (χ1) is 11.7. The number of aliphatic hydroxyl groups is 1. The zero-order valence-corrected chi connectivity index (χ0v) is 14.7. The van der Waals surface area contributed by atoms with Crippen LogP contribution < -0.4 is 10.6 Å². The highest BCUT2D eigenvalue weighted by atomic mass is 32.2. The van der Waals surface area contributed by atoms with E-state index >= 15 is 0 Å². The van der Waals surface area contributed by atoms with Crippen LogP contribution in [0.2, 0.25) is 0 Å². The molecule has 0 fully saturated rings. The van der Waals surface area contributed by atoms with E-state index in [2.05, 4.69) is 16.9 Å². The number of urea groups is 1. The summed E-state index contributed by atoms with van der Waals surface area (Å²) >= 11 is 1.82. The normalized spacial score (nSPS) is 11.8. The van der Waals surface area contributed by atoms with Crippen molar-refractivity contribution in [1.82, 2.24) is 5.32 Å². The lowest BCUT2D eigenvalue weighted by Crippen LogP contribution is -2.36. The number of nitrogens with one attached hydrogen (secondary N) is 2. The predicted molar refractivity (Wildman–Crippen MR) is 102 cm³/mol. The van der Waals surface area contributed by atoms with Gasteiger partial charge in [-0.2, -0.15) is 11.8 Å². The van der Waals surface area contributed by atoms with Crippen LogP contribution in [0.3, 0.4) is 0 Å². The number of aryl methyl sites for hydroxylation is 1. The number of hydrogen-bond acceptors (Lipinski definition) is 3. The SMILES string of the molecule is CSCCc1ccc(NC(=O)NCC(O)Cc2ccccc2)cc1. The predicted octanol–water partition coefficient (Wildman–Crippen LogP) is 3.32. The average Bonchev–Trinajstić information content (AvgIpc) is 2.60. The van der Waals surface area contributed by atoms with E-state index in [1.807, 2.05) is 66.4 Å². The summed E-state index contributed by atoms with van der Waals surface area (Å²) in [5.74, 6) is 1.09. The van der Waals surface area contributed by atoms with Crippen LogP contribution >= 0.6 is 11.8 Å². The van der Waals surface area contributed by atoms with Gasteiger partial charge in [0.05, 0.1) is 6.10 Å². The minimum absolute atomic E-state index is 0.215. The van der Waals surface area contributed by atoms with Crippen LogP contribution in [0.4, 0.5) is 10.5 Å². The van der Waals surface area contributed by atoms with Crippen LogP contribution in [-0.4, -0.2) is 35.8 Å². The molecule has 0 heterocycles. The molecule has 0 aliphatic carbocycles. The third kappa shape index (κ3) is 6.64. The molecule has 0 aliphatic heterocycles. The van der Waals surface area contributed by atoms with E-state index in [0.717, 1.165) is 23.4 Å². The lowest BCUT2D eigenvalue weighted by Gasteiger charge is -2.13. The lowest BCUT2D eigenvalue weighted by molar-refractivity contribution is 0.172. The second-order valence-corrected chi connectivity index (χ2v) is 6.60. The van der Waals surface area contributed by atoms with E-state index in [0.29, 0.717) is 6.42 Å². The summed E-state index contributed by atoms with van der Waals surface area (Å²) in [7, 11) is 0. The Hall–Kier alpha value is -1.98. The number of amides is 2. The Labute approximate surface area is 147 Å². The highest BCUT2D eigenvalue weighted by molar-refractivity contribution is 7.98. The zero-order chi connectivity index (χ0) is 17.2. The summed E-state index contributed by atoms with van der Waals surface area (Å²) in [6.07, 6.45) is 3.03. The van der Waals surface area contributed by atoms with Crippen LogP contribution in [0, 0.1) is 0 Å². The van der Waals surface area contributed by atoms with Gasteiger partial charge in [0, 0.05) is 18.7 Å². The second-order valence-electron chi connectivity index (χ2n) is 5.62. The van der Waals surface area contributed by atoms with Crippen LogP contribution in [0.15, 0.2) is 54.6 Å². The van der Waals surface area contributed by atoms with Crippen molar-refractivity contribution in [2.75, 3.05) is 23.9 Å². The zero-order valence-electron chi connectivity index (χ0n) is 13.9. The van der Waals surface area contributed by atoms with E-state index in [9.17, 15) is 9.90 Å². The molecule has 3 N–H and O–H groups in total. The molecule has 2 rings (SSSR count). The largest absolute Gasteiger partial charge is 0.391 e. The number of aliphatic hydroxyl groups excluding tert-OH is 1. The molecule has 0 aliphatic rings. The van der Waals surface area contributed by atoms with Crippen molar-refractivity contribution in [3.05, 3.63) is 65.7 Å². The molecular weight excluding hydrogens is 320 g/mol. The molecule has 0 spiro atoms. The molecule has 0 bridgehead atoms. The Morgan fingerprint density at radius 1 is 1.08 bits per heavy atom.